The Bertz CT molecular complexity index is 346. The predicted octanol–water partition coefficient (Wildman–Crippen LogP) is 5.69. The third-order valence-electron chi connectivity index (χ3n) is 4.43. The lowest BCUT2D eigenvalue weighted by molar-refractivity contribution is -0.122. The van der Waals surface area contributed by atoms with Gasteiger partial charge in [0.25, 0.3) is 0 Å². The smallest absolute Gasteiger partial charge is 0.220 e. The van der Waals surface area contributed by atoms with E-state index in [1.54, 1.807) is 0 Å². The Kier molecular flexibility index (Phi) is 18.4. The van der Waals surface area contributed by atoms with Crippen LogP contribution in [0, 0.1) is 0 Å². The summed E-state index contributed by atoms with van der Waals surface area (Å²) < 4.78 is 0. The SMILES string of the molecule is CCCCC/C=C\C/C=C\CCCCCCCC(=O)NC(CC)CO. The van der Waals surface area contributed by atoms with Crippen molar-refractivity contribution in [1.29, 1.82) is 0 Å². The number of carbonyl (C=O) groups is 1. The van der Waals surface area contributed by atoms with E-state index in [0.717, 1.165) is 25.7 Å². The van der Waals surface area contributed by atoms with Crippen LogP contribution in [-0.2, 0) is 4.79 Å². The van der Waals surface area contributed by atoms with Gasteiger partial charge in [0.05, 0.1) is 12.6 Å². The number of rotatable bonds is 17. The highest BCUT2D eigenvalue weighted by Crippen LogP contribution is 2.08. The van der Waals surface area contributed by atoms with Gasteiger partial charge in [-0.2, -0.15) is 0 Å². The normalized spacial score (nSPS) is 12.9. The third-order valence-corrected chi connectivity index (χ3v) is 4.43. The highest BCUT2D eigenvalue weighted by atomic mass is 16.3. The van der Waals surface area contributed by atoms with Crippen LogP contribution in [-0.4, -0.2) is 23.7 Å². The zero-order valence-electron chi connectivity index (χ0n) is 16.6. The number of allylic oxidation sites excluding steroid dienone is 4. The van der Waals surface area contributed by atoms with Crippen molar-refractivity contribution in [2.24, 2.45) is 0 Å². The first-order chi connectivity index (χ1) is 12.2. The van der Waals surface area contributed by atoms with Crippen molar-refractivity contribution in [3.63, 3.8) is 0 Å². The minimum absolute atomic E-state index is 0.0321. The summed E-state index contributed by atoms with van der Waals surface area (Å²) >= 11 is 0. The maximum absolute atomic E-state index is 11.7. The standard InChI is InChI=1S/C22H41NO2/c1-3-5-6-7-8-9-10-11-12-13-14-15-16-17-18-19-22(25)23-21(4-2)20-24/h8-9,11-12,21,24H,3-7,10,13-20H2,1-2H3,(H,23,25)/b9-8-,12-11-. The van der Waals surface area contributed by atoms with Gasteiger partial charge in [-0.25, -0.2) is 0 Å². The van der Waals surface area contributed by atoms with E-state index in [1.807, 2.05) is 6.92 Å². The van der Waals surface area contributed by atoms with E-state index in [2.05, 4.69) is 36.5 Å². The average Bonchev–Trinajstić information content (AvgIpc) is 2.62. The molecule has 1 atom stereocenters. The zero-order chi connectivity index (χ0) is 18.6. The highest BCUT2D eigenvalue weighted by molar-refractivity contribution is 5.76. The molecule has 0 aliphatic heterocycles. The van der Waals surface area contributed by atoms with Crippen LogP contribution in [0.15, 0.2) is 24.3 Å². The van der Waals surface area contributed by atoms with Gasteiger partial charge >= 0.3 is 0 Å². The minimum Gasteiger partial charge on any atom is -0.394 e. The molecule has 1 unspecified atom stereocenters. The monoisotopic (exact) mass is 351 g/mol. The Morgan fingerprint density at radius 1 is 0.880 bits per heavy atom. The molecule has 1 amide bonds. The summed E-state index contributed by atoms with van der Waals surface area (Å²) in [4.78, 5) is 11.7. The van der Waals surface area contributed by atoms with E-state index < -0.39 is 0 Å². The zero-order valence-corrected chi connectivity index (χ0v) is 16.6. The van der Waals surface area contributed by atoms with Crippen LogP contribution in [0.5, 0.6) is 0 Å². The van der Waals surface area contributed by atoms with Crippen LogP contribution < -0.4 is 5.32 Å². The lowest BCUT2D eigenvalue weighted by atomic mass is 10.1. The van der Waals surface area contributed by atoms with E-state index in [4.69, 9.17) is 5.11 Å². The lowest BCUT2D eigenvalue weighted by Crippen LogP contribution is -2.36. The number of amides is 1. The average molecular weight is 352 g/mol. The van der Waals surface area contributed by atoms with Crippen LogP contribution in [0.25, 0.3) is 0 Å². The third kappa shape index (κ3) is 17.5. The van der Waals surface area contributed by atoms with E-state index >= 15 is 0 Å². The molecule has 3 heteroatoms. The fourth-order valence-electron chi connectivity index (χ4n) is 2.67. The second kappa shape index (κ2) is 19.2. The fourth-order valence-corrected chi connectivity index (χ4v) is 2.67. The number of hydrogen-bond donors (Lipinski definition) is 2. The van der Waals surface area contributed by atoms with E-state index in [1.165, 1.54) is 51.4 Å². The van der Waals surface area contributed by atoms with Gasteiger partial charge in [0, 0.05) is 6.42 Å². The number of aliphatic hydroxyl groups excluding tert-OH is 1. The predicted molar refractivity (Wildman–Crippen MR) is 109 cm³/mol. The molecule has 0 heterocycles. The van der Waals surface area contributed by atoms with Crippen LogP contribution in [0.3, 0.4) is 0 Å². The molecule has 0 aromatic heterocycles. The van der Waals surface area contributed by atoms with Crippen molar-refractivity contribution < 1.29 is 9.90 Å². The molecular weight excluding hydrogens is 310 g/mol. The molecule has 3 nitrogen and oxygen atoms in total. The van der Waals surface area contributed by atoms with Crippen molar-refractivity contribution in [3.05, 3.63) is 24.3 Å². The summed E-state index contributed by atoms with van der Waals surface area (Å²) in [6.45, 7) is 4.24. The number of unbranched alkanes of at least 4 members (excludes halogenated alkanes) is 8. The van der Waals surface area contributed by atoms with Gasteiger partial charge in [0.1, 0.15) is 0 Å². The molecule has 0 bridgehead atoms. The number of hydrogen-bond acceptors (Lipinski definition) is 2. The maximum atomic E-state index is 11.7. The van der Waals surface area contributed by atoms with E-state index in [0.29, 0.717) is 6.42 Å². The molecule has 2 N–H and O–H groups in total. The molecule has 0 rings (SSSR count). The second-order valence-corrected chi connectivity index (χ2v) is 6.84. The van der Waals surface area contributed by atoms with Crippen LogP contribution in [0.1, 0.15) is 97.3 Å². The quantitative estimate of drug-likeness (QED) is 0.261. The molecule has 0 aromatic carbocycles. The highest BCUT2D eigenvalue weighted by Gasteiger charge is 2.08. The van der Waals surface area contributed by atoms with Crippen LogP contribution >= 0.6 is 0 Å². The number of carbonyl (C=O) groups excluding carboxylic acids is 1. The first-order valence-electron chi connectivity index (χ1n) is 10.4. The summed E-state index contributed by atoms with van der Waals surface area (Å²) in [5, 5.41) is 11.9. The molecule has 0 saturated heterocycles. The van der Waals surface area contributed by atoms with Crippen LogP contribution in [0.2, 0.25) is 0 Å². The molecule has 0 aromatic rings. The van der Waals surface area contributed by atoms with Crippen molar-refractivity contribution >= 4 is 5.91 Å². The summed E-state index contributed by atoms with van der Waals surface area (Å²) in [7, 11) is 0. The number of aliphatic hydroxyl groups is 1. The Morgan fingerprint density at radius 3 is 2.08 bits per heavy atom. The van der Waals surface area contributed by atoms with Gasteiger partial charge in [-0.05, 0) is 44.9 Å². The fraction of sp³-hybridized carbons (Fsp3) is 0.773. The molecular formula is C22H41NO2. The van der Waals surface area contributed by atoms with Crippen molar-refractivity contribution in [2.75, 3.05) is 6.61 Å². The second-order valence-electron chi connectivity index (χ2n) is 6.84. The molecule has 146 valence electrons. The van der Waals surface area contributed by atoms with Gasteiger partial charge in [0.15, 0.2) is 0 Å². The Balaban J connectivity index is 3.35. The largest absolute Gasteiger partial charge is 0.394 e. The van der Waals surface area contributed by atoms with Crippen LogP contribution in [0.4, 0.5) is 0 Å². The summed E-state index contributed by atoms with van der Waals surface area (Å²) in [5.74, 6) is 0.0755. The molecule has 0 radical (unpaired) electrons. The number of nitrogens with one attached hydrogen (secondary N) is 1. The molecule has 0 aliphatic rings. The van der Waals surface area contributed by atoms with Gasteiger partial charge in [-0.1, -0.05) is 70.3 Å². The first kappa shape index (κ1) is 23.9. The lowest BCUT2D eigenvalue weighted by Gasteiger charge is -2.13. The summed E-state index contributed by atoms with van der Waals surface area (Å²) in [6, 6.07) is -0.0783. The molecule has 0 aliphatic carbocycles. The Labute approximate surface area is 156 Å². The maximum Gasteiger partial charge on any atom is 0.220 e. The van der Waals surface area contributed by atoms with Crippen molar-refractivity contribution in [2.45, 2.75) is 103 Å². The van der Waals surface area contributed by atoms with Gasteiger partial charge < -0.3 is 10.4 Å². The van der Waals surface area contributed by atoms with E-state index in [9.17, 15) is 4.79 Å². The summed E-state index contributed by atoms with van der Waals surface area (Å²) in [6.07, 6.45) is 23.7. The minimum atomic E-state index is -0.0783. The molecule has 0 saturated carbocycles. The van der Waals surface area contributed by atoms with Gasteiger partial charge in [0.2, 0.25) is 5.91 Å². The first-order valence-corrected chi connectivity index (χ1v) is 10.4. The van der Waals surface area contributed by atoms with Crippen molar-refractivity contribution in [3.8, 4) is 0 Å². The van der Waals surface area contributed by atoms with E-state index in [-0.39, 0.29) is 18.6 Å². The van der Waals surface area contributed by atoms with Gasteiger partial charge in [-0.3, -0.25) is 4.79 Å². The molecule has 0 spiro atoms. The Morgan fingerprint density at radius 2 is 1.48 bits per heavy atom. The molecule has 25 heavy (non-hydrogen) atoms. The van der Waals surface area contributed by atoms with Gasteiger partial charge in [-0.15, -0.1) is 0 Å². The van der Waals surface area contributed by atoms with Crippen molar-refractivity contribution in [1.82, 2.24) is 5.32 Å². The topological polar surface area (TPSA) is 49.3 Å². The Hall–Kier alpha value is -1.09. The summed E-state index contributed by atoms with van der Waals surface area (Å²) in [5.41, 5.74) is 0. The molecule has 0 fully saturated rings.